The molecule has 1 saturated heterocycles. The topological polar surface area (TPSA) is 41.1 Å². The van der Waals surface area contributed by atoms with Gasteiger partial charge in [0, 0.05) is 43.5 Å². The summed E-state index contributed by atoms with van der Waals surface area (Å²) < 4.78 is 0. The summed E-state index contributed by atoms with van der Waals surface area (Å²) in [6, 6.07) is 11.2. The van der Waals surface area contributed by atoms with Gasteiger partial charge in [0.2, 0.25) is 0 Å². The van der Waals surface area contributed by atoms with Gasteiger partial charge in [0.25, 0.3) is 0 Å². The SMILES string of the molecule is CC(CN1CCc2nc(C3CCCCN3)ncc2C1)c1ccccc1. The molecule has 2 aliphatic rings. The van der Waals surface area contributed by atoms with Crippen LogP contribution in [0.2, 0.25) is 0 Å². The summed E-state index contributed by atoms with van der Waals surface area (Å²) in [5, 5.41) is 3.56. The molecule has 3 heterocycles. The molecule has 132 valence electrons. The Morgan fingerprint density at radius 2 is 2.12 bits per heavy atom. The van der Waals surface area contributed by atoms with Crippen molar-refractivity contribution in [1.29, 1.82) is 0 Å². The lowest BCUT2D eigenvalue weighted by atomic mass is 9.98. The lowest BCUT2D eigenvalue weighted by molar-refractivity contribution is 0.238. The highest BCUT2D eigenvalue weighted by Gasteiger charge is 2.23. The largest absolute Gasteiger partial charge is 0.307 e. The molecular weight excluding hydrogens is 308 g/mol. The average molecular weight is 336 g/mol. The van der Waals surface area contributed by atoms with Gasteiger partial charge in [0.15, 0.2) is 0 Å². The third kappa shape index (κ3) is 3.91. The van der Waals surface area contributed by atoms with Gasteiger partial charge in [-0.15, -0.1) is 0 Å². The van der Waals surface area contributed by atoms with E-state index in [4.69, 9.17) is 4.98 Å². The minimum atomic E-state index is 0.357. The van der Waals surface area contributed by atoms with E-state index in [1.54, 1.807) is 0 Å². The normalized spacial score (nSPS) is 22.4. The number of nitrogens with one attached hydrogen (secondary N) is 1. The number of fused-ring (bicyclic) bond motifs is 1. The molecule has 0 amide bonds. The first-order chi connectivity index (χ1) is 12.3. The summed E-state index contributed by atoms with van der Waals surface area (Å²) in [5.41, 5.74) is 4.00. The van der Waals surface area contributed by atoms with E-state index in [-0.39, 0.29) is 0 Å². The van der Waals surface area contributed by atoms with Crippen molar-refractivity contribution in [3.05, 3.63) is 59.2 Å². The molecule has 1 aromatic carbocycles. The van der Waals surface area contributed by atoms with Crippen LogP contribution in [0.5, 0.6) is 0 Å². The van der Waals surface area contributed by atoms with Crippen LogP contribution in [0.1, 0.15) is 60.8 Å². The standard InChI is InChI=1S/C21H28N4/c1-16(17-7-3-2-4-8-17)14-25-12-10-19-18(15-25)13-23-21(24-19)20-9-5-6-11-22-20/h2-4,7-8,13,16,20,22H,5-6,9-12,14-15H2,1H3. The summed E-state index contributed by atoms with van der Waals surface area (Å²) in [4.78, 5) is 12.1. The molecule has 0 spiro atoms. The molecule has 4 nitrogen and oxygen atoms in total. The van der Waals surface area contributed by atoms with E-state index in [9.17, 15) is 0 Å². The fraction of sp³-hybridized carbons (Fsp3) is 0.524. The molecule has 2 unspecified atom stereocenters. The molecule has 1 fully saturated rings. The number of nitrogens with zero attached hydrogens (tertiary/aromatic N) is 3. The van der Waals surface area contributed by atoms with Gasteiger partial charge in [-0.25, -0.2) is 9.97 Å². The lowest BCUT2D eigenvalue weighted by Crippen LogP contribution is -2.35. The maximum Gasteiger partial charge on any atom is 0.145 e. The molecule has 25 heavy (non-hydrogen) atoms. The van der Waals surface area contributed by atoms with Crippen LogP contribution in [0, 0.1) is 0 Å². The Morgan fingerprint density at radius 1 is 1.24 bits per heavy atom. The number of piperidine rings is 1. The lowest BCUT2D eigenvalue weighted by Gasteiger charge is -2.31. The minimum Gasteiger partial charge on any atom is -0.307 e. The Kier molecular flexibility index (Phi) is 5.09. The first-order valence-corrected chi connectivity index (χ1v) is 9.65. The van der Waals surface area contributed by atoms with E-state index >= 15 is 0 Å². The summed E-state index contributed by atoms with van der Waals surface area (Å²) >= 11 is 0. The van der Waals surface area contributed by atoms with Gasteiger partial charge >= 0.3 is 0 Å². The smallest absolute Gasteiger partial charge is 0.145 e. The van der Waals surface area contributed by atoms with Crippen LogP contribution >= 0.6 is 0 Å². The average Bonchev–Trinajstić information content (AvgIpc) is 2.69. The highest BCUT2D eigenvalue weighted by Crippen LogP contribution is 2.24. The molecule has 2 aliphatic heterocycles. The van der Waals surface area contributed by atoms with Crippen LogP contribution in [-0.2, 0) is 13.0 Å². The van der Waals surface area contributed by atoms with Crippen molar-refractivity contribution < 1.29 is 0 Å². The molecule has 0 aliphatic carbocycles. The molecule has 0 bridgehead atoms. The molecule has 4 rings (SSSR count). The van der Waals surface area contributed by atoms with Crippen molar-refractivity contribution in [2.45, 2.75) is 51.1 Å². The second-order valence-corrected chi connectivity index (χ2v) is 7.50. The van der Waals surface area contributed by atoms with E-state index in [0.717, 1.165) is 38.4 Å². The molecule has 2 atom stereocenters. The maximum atomic E-state index is 4.91. The number of benzene rings is 1. The first-order valence-electron chi connectivity index (χ1n) is 9.65. The Labute approximate surface area is 150 Å². The summed E-state index contributed by atoms with van der Waals surface area (Å²) in [5.74, 6) is 1.55. The van der Waals surface area contributed by atoms with E-state index in [1.807, 2.05) is 0 Å². The number of hydrogen-bond acceptors (Lipinski definition) is 4. The highest BCUT2D eigenvalue weighted by molar-refractivity contribution is 5.23. The fourth-order valence-electron chi connectivity index (χ4n) is 4.06. The van der Waals surface area contributed by atoms with Crippen LogP contribution in [-0.4, -0.2) is 34.5 Å². The molecule has 4 heteroatoms. The van der Waals surface area contributed by atoms with Crippen molar-refractivity contribution in [2.75, 3.05) is 19.6 Å². The zero-order valence-corrected chi connectivity index (χ0v) is 15.1. The molecular formula is C21H28N4. The minimum absolute atomic E-state index is 0.357. The zero-order valence-electron chi connectivity index (χ0n) is 15.1. The van der Waals surface area contributed by atoms with E-state index in [0.29, 0.717) is 12.0 Å². The fourth-order valence-corrected chi connectivity index (χ4v) is 4.06. The van der Waals surface area contributed by atoms with Gasteiger partial charge in [0.05, 0.1) is 6.04 Å². The second kappa shape index (κ2) is 7.63. The van der Waals surface area contributed by atoms with Gasteiger partial charge < -0.3 is 5.32 Å². The molecule has 1 N–H and O–H groups in total. The summed E-state index contributed by atoms with van der Waals surface area (Å²) in [6.07, 6.45) is 6.84. The van der Waals surface area contributed by atoms with Crippen LogP contribution in [0.4, 0.5) is 0 Å². The maximum absolute atomic E-state index is 4.91. The molecule has 2 aromatic rings. The van der Waals surface area contributed by atoms with Gasteiger partial charge in [-0.2, -0.15) is 0 Å². The molecule has 0 saturated carbocycles. The van der Waals surface area contributed by atoms with Gasteiger partial charge in [-0.1, -0.05) is 43.7 Å². The van der Waals surface area contributed by atoms with Crippen molar-refractivity contribution in [3.63, 3.8) is 0 Å². The Morgan fingerprint density at radius 3 is 2.92 bits per heavy atom. The van der Waals surface area contributed by atoms with E-state index in [2.05, 4.69) is 58.7 Å². The number of rotatable bonds is 4. The van der Waals surface area contributed by atoms with E-state index < -0.39 is 0 Å². The zero-order chi connectivity index (χ0) is 17.1. The Bertz CT molecular complexity index is 694. The van der Waals surface area contributed by atoms with Gasteiger partial charge in [-0.05, 0) is 30.9 Å². The third-order valence-electron chi connectivity index (χ3n) is 5.55. The quantitative estimate of drug-likeness (QED) is 0.928. The van der Waals surface area contributed by atoms with E-state index in [1.165, 1.54) is 36.1 Å². The summed E-state index contributed by atoms with van der Waals surface area (Å²) in [6.45, 7) is 6.58. The predicted octanol–water partition coefficient (Wildman–Crippen LogP) is 3.45. The molecule has 1 aromatic heterocycles. The highest BCUT2D eigenvalue weighted by atomic mass is 15.1. The summed E-state index contributed by atoms with van der Waals surface area (Å²) in [7, 11) is 0. The first kappa shape index (κ1) is 16.7. The molecule has 0 radical (unpaired) electrons. The third-order valence-corrected chi connectivity index (χ3v) is 5.55. The van der Waals surface area contributed by atoms with Crippen molar-refractivity contribution >= 4 is 0 Å². The van der Waals surface area contributed by atoms with Gasteiger partial charge in [0.1, 0.15) is 5.82 Å². The Hall–Kier alpha value is -1.78. The predicted molar refractivity (Wildman–Crippen MR) is 100 cm³/mol. The van der Waals surface area contributed by atoms with Crippen molar-refractivity contribution in [1.82, 2.24) is 20.2 Å². The second-order valence-electron chi connectivity index (χ2n) is 7.50. The van der Waals surface area contributed by atoms with Gasteiger partial charge in [-0.3, -0.25) is 4.90 Å². The monoisotopic (exact) mass is 336 g/mol. The number of aromatic nitrogens is 2. The van der Waals surface area contributed by atoms with Crippen molar-refractivity contribution in [3.8, 4) is 0 Å². The van der Waals surface area contributed by atoms with Crippen molar-refractivity contribution in [2.24, 2.45) is 0 Å². The number of hydrogen-bond donors (Lipinski definition) is 1. The van der Waals surface area contributed by atoms with Crippen LogP contribution < -0.4 is 5.32 Å². The van der Waals surface area contributed by atoms with Crippen LogP contribution in [0.15, 0.2) is 36.5 Å². The van der Waals surface area contributed by atoms with Crippen LogP contribution in [0.3, 0.4) is 0 Å². The Balaban J connectivity index is 1.41. The van der Waals surface area contributed by atoms with Crippen LogP contribution in [0.25, 0.3) is 0 Å².